The maximum Gasteiger partial charge on any atom is 0.339 e. The molecule has 0 aliphatic carbocycles. The van der Waals surface area contributed by atoms with Crippen molar-refractivity contribution in [2.24, 2.45) is 0 Å². The number of rotatable bonds is 29. The summed E-state index contributed by atoms with van der Waals surface area (Å²) >= 11 is 0. The fraction of sp³-hybridized carbons (Fsp3) is 0.848. The Morgan fingerprint density at radius 3 is 1.42 bits per heavy atom. The van der Waals surface area contributed by atoms with Gasteiger partial charge in [0.15, 0.2) is 6.10 Å². The van der Waals surface area contributed by atoms with Gasteiger partial charge in [-0.1, -0.05) is 77.6 Å². The van der Waals surface area contributed by atoms with Gasteiger partial charge in [-0.05, 0) is 38.5 Å². The van der Waals surface area contributed by atoms with Gasteiger partial charge in [0, 0.05) is 27.7 Å². The number of carbonyl (C=O) groups excluding carboxylic acids is 5. The van der Waals surface area contributed by atoms with Crippen LogP contribution in [0.5, 0.6) is 0 Å². The van der Waals surface area contributed by atoms with Crippen molar-refractivity contribution in [1.82, 2.24) is 0 Å². The highest BCUT2D eigenvalue weighted by molar-refractivity contribution is 5.71. The zero-order valence-corrected chi connectivity index (χ0v) is 28.3. The summed E-state index contributed by atoms with van der Waals surface area (Å²) in [6, 6.07) is 0. The van der Waals surface area contributed by atoms with Gasteiger partial charge in [0.1, 0.15) is 25.4 Å². The molecule has 0 aliphatic heterocycles. The Morgan fingerprint density at radius 1 is 0.489 bits per heavy atom. The van der Waals surface area contributed by atoms with E-state index in [2.05, 4.69) is 21.6 Å². The molecule has 0 aromatic carbocycles. The smallest absolute Gasteiger partial charge is 0.339 e. The van der Waals surface area contributed by atoms with Gasteiger partial charge in [-0.25, -0.2) is 9.59 Å². The fourth-order valence-corrected chi connectivity index (χ4v) is 4.75. The molecule has 0 spiro atoms. The lowest BCUT2D eigenvalue weighted by Crippen LogP contribution is -2.30. The summed E-state index contributed by atoms with van der Waals surface area (Å²) in [5.41, 5.74) is 0. The topological polar surface area (TPSA) is 150 Å². The van der Waals surface area contributed by atoms with E-state index in [9.17, 15) is 24.0 Å². The number of hydrogen-bond donors (Lipinski definition) is 0. The van der Waals surface area contributed by atoms with Crippen LogP contribution < -0.4 is 0 Å². The average molecular weight is 647 g/mol. The van der Waals surface area contributed by atoms with Gasteiger partial charge in [-0.2, -0.15) is 9.78 Å². The van der Waals surface area contributed by atoms with E-state index in [0.717, 1.165) is 39.5 Å². The molecular weight excluding hydrogens is 588 g/mol. The predicted molar refractivity (Wildman–Crippen MR) is 165 cm³/mol. The molecule has 45 heavy (non-hydrogen) atoms. The van der Waals surface area contributed by atoms with Crippen molar-refractivity contribution in [3.63, 3.8) is 0 Å². The Bertz CT molecular complexity index is 816. The van der Waals surface area contributed by atoms with Crippen LogP contribution in [-0.2, 0) is 57.7 Å². The first-order valence-electron chi connectivity index (χ1n) is 16.7. The van der Waals surface area contributed by atoms with Crippen molar-refractivity contribution in [3.8, 4) is 0 Å². The molecule has 0 saturated heterocycles. The molecule has 0 aromatic heterocycles. The Morgan fingerprint density at radius 2 is 0.933 bits per heavy atom. The van der Waals surface area contributed by atoms with E-state index < -0.39 is 36.1 Å². The van der Waals surface area contributed by atoms with Crippen LogP contribution in [0.3, 0.4) is 0 Å². The molecule has 12 nitrogen and oxygen atoms in total. The predicted octanol–water partition coefficient (Wildman–Crippen LogP) is 6.79. The molecule has 262 valence electrons. The first-order valence-corrected chi connectivity index (χ1v) is 16.7. The van der Waals surface area contributed by atoms with Crippen molar-refractivity contribution in [2.45, 2.75) is 169 Å². The molecule has 0 radical (unpaired) electrons. The van der Waals surface area contributed by atoms with Crippen molar-refractivity contribution in [2.75, 3.05) is 13.2 Å². The number of carbonyl (C=O) groups is 5. The van der Waals surface area contributed by atoms with E-state index in [1.807, 2.05) is 0 Å². The van der Waals surface area contributed by atoms with E-state index in [1.54, 1.807) is 0 Å². The van der Waals surface area contributed by atoms with Gasteiger partial charge >= 0.3 is 29.8 Å². The molecule has 0 amide bonds. The molecule has 0 N–H and O–H groups in total. The van der Waals surface area contributed by atoms with Crippen molar-refractivity contribution in [1.29, 1.82) is 0 Å². The molecule has 3 unspecified atom stereocenters. The van der Waals surface area contributed by atoms with Crippen LogP contribution >= 0.6 is 0 Å². The van der Waals surface area contributed by atoms with Crippen LogP contribution in [0, 0.1) is 0 Å². The molecule has 0 fully saturated rings. The monoisotopic (exact) mass is 646 g/mol. The molecular formula is C33H58O12. The minimum absolute atomic E-state index is 0.161. The van der Waals surface area contributed by atoms with Crippen molar-refractivity contribution < 1.29 is 57.7 Å². The lowest BCUT2D eigenvalue weighted by Gasteiger charge is -2.19. The van der Waals surface area contributed by atoms with Gasteiger partial charge in [0.25, 0.3) is 0 Å². The Hall–Kier alpha value is -2.73. The SMILES string of the molecule is CCCCCCCCCCCCCCC(CCCCC(CC(=O)OCC(COOC(C)=O)OOC(C)=O)OC(C)=O)OC(C)=O. The third-order valence-corrected chi connectivity index (χ3v) is 6.90. The van der Waals surface area contributed by atoms with E-state index in [-0.39, 0.29) is 31.7 Å². The fourth-order valence-electron chi connectivity index (χ4n) is 4.75. The molecule has 3 atom stereocenters. The van der Waals surface area contributed by atoms with Gasteiger partial charge in [0.05, 0.1) is 6.42 Å². The van der Waals surface area contributed by atoms with Crippen molar-refractivity contribution >= 4 is 29.8 Å². The minimum Gasteiger partial charge on any atom is -0.463 e. The highest BCUT2D eigenvalue weighted by atomic mass is 17.2. The third kappa shape index (κ3) is 29.7. The molecule has 0 aliphatic rings. The van der Waals surface area contributed by atoms with E-state index in [0.29, 0.717) is 19.3 Å². The van der Waals surface area contributed by atoms with Crippen LogP contribution in [0.2, 0.25) is 0 Å². The van der Waals surface area contributed by atoms with Crippen LogP contribution in [0.25, 0.3) is 0 Å². The van der Waals surface area contributed by atoms with Gasteiger partial charge in [-0.3, -0.25) is 24.2 Å². The highest BCUT2D eigenvalue weighted by Gasteiger charge is 2.22. The zero-order chi connectivity index (χ0) is 33.7. The van der Waals surface area contributed by atoms with Crippen LogP contribution in [0.15, 0.2) is 0 Å². The number of esters is 3. The molecule has 0 aromatic rings. The van der Waals surface area contributed by atoms with Gasteiger partial charge < -0.3 is 14.2 Å². The second-order valence-corrected chi connectivity index (χ2v) is 11.5. The first-order chi connectivity index (χ1) is 21.5. The zero-order valence-electron chi connectivity index (χ0n) is 28.3. The van der Waals surface area contributed by atoms with E-state index >= 15 is 0 Å². The summed E-state index contributed by atoms with van der Waals surface area (Å²) in [7, 11) is 0. The summed E-state index contributed by atoms with van der Waals surface area (Å²) in [6.45, 7) is 6.44. The molecule has 0 heterocycles. The lowest BCUT2D eigenvalue weighted by atomic mass is 10.0. The summed E-state index contributed by atoms with van der Waals surface area (Å²) < 4.78 is 16.0. The van der Waals surface area contributed by atoms with Gasteiger partial charge in [0.2, 0.25) is 0 Å². The lowest BCUT2D eigenvalue weighted by molar-refractivity contribution is -0.339. The summed E-state index contributed by atoms with van der Waals surface area (Å²) in [5, 5.41) is 0. The Labute approximate surface area is 269 Å². The van der Waals surface area contributed by atoms with Gasteiger partial charge in [-0.15, -0.1) is 0 Å². The molecule has 0 bridgehead atoms. The minimum atomic E-state index is -1.06. The average Bonchev–Trinajstić information content (AvgIpc) is 2.95. The number of unbranched alkanes of at least 4 members (excludes halogenated alkanes) is 12. The first kappa shape index (κ1) is 42.3. The highest BCUT2D eigenvalue weighted by Crippen LogP contribution is 2.19. The summed E-state index contributed by atoms with van der Waals surface area (Å²) in [4.78, 5) is 75.9. The van der Waals surface area contributed by atoms with Crippen LogP contribution in [-0.4, -0.2) is 61.4 Å². The van der Waals surface area contributed by atoms with Crippen LogP contribution in [0.1, 0.15) is 150 Å². The standard InChI is InChI=1S/C33H58O12/c1-6-7-8-9-10-11-12-13-14-15-16-17-20-30(41-26(2)34)21-18-19-22-31(42-27(3)35)23-33(38)39-24-32(45-44-29(5)37)25-40-43-28(4)36/h30-32H,6-25H2,1-5H3. The second kappa shape index (κ2) is 28.7. The summed E-state index contributed by atoms with van der Waals surface area (Å²) in [5.74, 6) is -2.93. The Balaban J connectivity index is 4.46. The second-order valence-electron chi connectivity index (χ2n) is 11.5. The Kier molecular flexibility index (Phi) is 27.0. The van der Waals surface area contributed by atoms with Crippen LogP contribution in [0.4, 0.5) is 0 Å². The number of ether oxygens (including phenoxy) is 3. The maximum atomic E-state index is 12.5. The maximum absolute atomic E-state index is 12.5. The van der Waals surface area contributed by atoms with Crippen molar-refractivity contribution in [3.05, 3.63) is 0 Å². The summed E-state index contributed by atoms with van der Waals surface area (Å²) in [6.07, 6.45) is 16.4. The largest absolute Gasteiger partial charge is 0.463 e. The van der Waals surface area contributed by atoms with E-state index in [4.69, 9.17) is 19.1 Å². The van der Waals surface area contributed by atoms with E-state index in [1.165, 1.54) is 78.1 Å². The normalized spacial score (nSPS) is 12.9. The third-order valence-electron chi connectivity index (χ3n) is 6.90. The molecule has 12 heteroatoms. The number of hydrogen-bond acceptors (Lipinski definition) is 12. The molecule has 0 saturated carbocycles. The molecule has 0 rings (SSSR count). The quantitative estimate of drug-likeness (QED) is 0.0277.